The fourth-order valence-electron chi connectivity index (χ4n) is 6.61. The van der Waals surface area contributed by atoms with Crippen LogP contribution in [-0.4, -0.2) is 43.8 Å². The normalized spacial score (nSPS) is 23.5. The van der Waals surface area contributed by atoms with Crippen LogP contribution in [0.4, 0.5) is 5.69 Å². The molecule has 2 fully saturated rings. The highest BCUT2D eigenvalue weighted by Crippen LogP contribution is 2.53. The molecule has 2 aromatic carbocycles. The molecule has 2 atom stereocenters. The SMILES string of the molecule is CC1(C)C[C@H]2C[C@@](C)(CN2Cn2c(O)c(N=NC(=O)CSc3nc4ccccc4o3)c3ccccc32)C1. The molecule has 0 unspecified atom stereocenters. The molecule has 0 radical (unpaired) electrons. The molecule has 6 rings (SSSR count). The molecule has 37 heavy (non-hydrogen) atoms. The van der Waals surface area contributed by atoms with E-state index in [0.29, 0.717) is 40.0 Å². The van der Waals surface area contributed by atoms with Gasteiger partial charge < -0.3 is 9.52 Å². The average Bonchev–Trinajstić information content (AvgIpc) is 3.46. The molecule has 2 aromatic heterocycles. The van der Waals surface area contributed by atoms with Gasteiger partial charge in [-0.2, -0.15) is 0 Å². The second kappa shape index (κ2) is 8.99. The summed E-state index contributed by atoms with van der Waals surface area (Å²) in [4.78, 5) is 19.4. The lowest BCUT2D eigenvalue weighted by Crippen LogP contribution is -2.35. The Morgan fingerprint density at radius 3 is 2.78 bits per heavy atom. The van der Waals surface area contributed by atoms with E-state index in [1.165, 1.54) is 24.6 Å². The lowest BCUT2D eigenvalue weighted by atomic mass is 9.65. The molecule has 2 bridgehead atoms. The largest absolute Gasteiger partial charge is 0.493 e. The van der Waals surface area contributed by atoms with Gasteiger partial charge in [-0.05, 0) is 48.3 Å². The zero-order valence-corrected chi connectivity index (χ0v) is 22.2. The summed E-state index contributed by atoms with van der Waals surface area (Å²) in [6.07, 6.45) is 3.56. The van der Waals surface area contributed by atoms with E-state index in [-0.39, 0.29) is 11.6 Å². The lowest BCUT2D eigenvalue weighted by Gasteiger charge is -2.40. The van der Waals surface area contributed by atoms with Crippen LogP contribution in [-0.2, 0) is 11.5 Å². The minimum Gasteiger partial charge on any atom is -0.493 e. The Morgan fingerprint density at radius 2 is 1.95 bits per heavy atom. The van der Waals surface area contributed by atoms with Gasteiger partial charge in [-0.25, -0.2) is 4.98 Å². The minimum atomic E-state index is -0.424. The van der Waals surface area contributed by atoms with E-state index in [4.69, 9.17) is 4.42 Å². The first-order valence-corrected chi connectivity index (χ1v) is 13.7. The first kappa shape index (κ1) is 24.2. The first-order chi connectivity index (χ1) is 17.7. The third kappa shape index (κ3) is 4.66. The minimum absolute atomic E-state index is 0.0372. The number of amides is 1. The van der Waals surface area contributed by atoms with Crippen molar-refractivity contribution in [1.82, 2.24) is 14.5 Å². The van der Waals surface area contributed by atoms with Gasteiger partial charge >= 0.3 is 0 Å². The highest BCUT2D eigenvalue weighted by atomic mass is 32.2. The van der Waals surface area contributed by atoms with Gasteiger partial charge in [-0.1, -0.05) is 62.9 Å². The van der Waals surface area contributed by atoms with Gasteiger partial charge in [0.25, 0.3) is 11.1 Å². The van der Waals surface area contributed by atoms with Crippen molar-refractivity contribution >= 4 is 45.4 Å². The summed E-state index contributed by atoms with van der Waals surface area (Å²) in [5, 5.41) is 20.5. The molecule has 1 amide bonds. The number of para-hydroxylation sites is 3. The number of fused-ring (bicyclic) bond motifs is 4. The Hall–Kier alpha value is -3.17. The fraction of sp³-hybridized carbons (Fsp3) is 0.429. The van der Waals surface area contributed by atoms with Gasteiger partial charge in [-0.15, -0.1) is 10.2 Å². The summed E-state index contributed by atoms with van der Waals surface area (Å²) in [5.74, 6) is -0.346. The van der Waals surface area contributed by atoms with Crippen molar-refractivity contribution < 1.29 is 14.3 Å². The highest BCUT2D eigenvalue weighted by Gasteiger charge is 2.49. The van der Waals surface area contributed by atoms with Crippen molar-refractivity contribution in [3.63, 3.8) is 0 Å². The summed E-state index contributed by atoms with van der Waals surface area (Å²) in [5.41, 5.74) is 3.25. The molecular formula is C28H31N5O3S. The monoisotopic (exact) mass is 517 g/mol. The van der Waals surface area contributed by atoms with Crippen LogP contribution in [0.15, 0.2) is 68.4 Å². The van der Waals surface area contributed by atoms with Crippen LogP contribution >= 0.6 is 11.8 Å². The van der Waals surface area contributed by atoms with Gasteiger partial charge in [0.2, 0.25) is 5.88 Å². The molecule has 0 spiro atoms. The molecule has 2 aliphatic rings. The van der Waals surface area contributed by atoms with E-state index < -0.39 is 5.91 Å². The molecule has 1 aliphatic carbocycles. The maximum absolute atomic E-state index is 12.5. The third-order valence-electron chi connectivity index (χ3n) is 7.62. The Kier molecular flexibility index (Phi) is 5.88. The van der Waals surface area contributed by atoms with Gasteiger partial charge in [-0.3, -0.25) is 14.3 Å². The van der Waals surface area contributed by atoms with E-state index in [1.807, 2.05) is 53.1 Å². The number of aromatic hydroxyl groups is 1. The number of aromatic nitrogens is 2. The van der Waals surface area contributed by atoms with E-state index in [1.54, 1.807) is 0 Å². The number of hydrogen-bond acceptors (Lipinski definition) is 7. The quantitative estimate of drug-likeness (QED) is 0.224. The second-order valence-corrected chi connectivity index (χ2v) is 12.5. The van der Waals surface area contributed by atoms with Crippen molar-refractivity contribution in [3.05, 3.63) is 48.5 Å². The van der Waals surface area contributed by atoms with Crippen LogP contribution in [0.3, 0.4) is 0 Å². The molecule has 192 valence electrons. The Labute approximate surface area is 219 Å². The predicted molar refractivity (Wildman–Crippen MR) is 144 cm³/mol. The van der Waals surface area contributed by atoms with Crippen molar-refractivity contribution in [1.29, 1.82) is 0 Å². The van der Waals surface area contributed by atoms with E-state index in [0.717, 1.165) is 29.4 Å². The van der Waals surface area contributed by atoms with Crippen LogP contribution < -0.4 is 0 Å². The van der Waals surface area contributed by atoms with Crippen molar-refractivity contribution in [2.24, 2.45) is 21.1 Å². The van der Waals surface area contributed by atoms with Gasteiger partial charge in [0.1, 0.15) is 5.52 Å². The second-order valence-electron chi connectivity index (χ2n) is 11.5. The van der Waals surface area contributed by atoms with E-state index in [9.17, 15) is 9.90 Å². The number of azo groups is 1. The zero-order chi connectivity index (χ0) is 25.8. The van der Waals surface area contributed by atoms with Crippen LogP contribution in [0.2, 0.25) is 0 Å². The summed E-state index contributed by atoms with van der Waals surface area (Å²) < 4.78 is 7.55. The Balaban J connectivity index is 1.21. The van der Waals surface area contributed by atoms with Crippen LogP contribution in [0, 0.1) is 10.8 Å². The van der Waals surface area contributed by atoms with Gasteiger partial charge in [0.15, 0.2) is 11.3 Å². The third-order valence-corrected chi connectivity index (χ3v) is 8.43. The highest BCUT2D eigenvalue weighted by molar-refractivity contribution is 7.99. The Morgan fingerprint density at radius 1 is 1.16 bits per heavy atom. The molecule has 1 N–H and O–H groups in total. The molecule has 1 aliphatic heterocycles. The van der Waals surface area contributed by atoms with Crippen LogP contribution in [0.25, 0.3) is 22.0 Å². The maximum atomic E-state index is 12.5. The van der Waals surface area contributed by atoms with Crippen molar-refractivity contribution in [2.45, 2.75) is 58.0 Å². The average molecular weight is 518 g/mol. The first-order valence-electron chi connectivity index (χ1n) is 12.7. The molecule has 1 saturated carbocycles. The number of hydrogen-bond donors (Lipinski definition) is 1. The molecule has 4 aromatic rings. The fourth-order valence-corrected chi connectivity index (χ4v) is 7.22. The van der Waals surface area contributed by atoms with E-state index >= 15 is 0 Å². The number of carbonyl (C=O) groups is 1. The maximum Gasteiger partial charge on any atom is 0.275 e. The molecule has 8 nitrogen and oxygen atoms in total. The summed E-state index contributed by atoms with van der Waals surface area (Å²) in [6.45, 7) is 8.71. The van der Waals surface area contributed by atoms with E-state index in [2.05, 4.69) is 40.9 Å². The number of oxazole rings is 1. The summed E-state index contributed by atoms with van der Waals surface area (Å²) in [6, 6.07) is 15.7. The predicted octanol–water partition coefficient (Wildman–Crippen LogP) is 6.75. The zero-order valence-electron chi connectivity index (χ0n) is 21.3. The molecule has 3 heterocycles. The number of rotatable bonds is 6. The smallest absolute Gasteiger partial charge is 0.275 e. The van der Waals surface area contributed by atoms with Crippen LogP contribution in [0.5, 0.6) is 5.88 Å². The van der Waals surface area contributed by atoms with Gasteiger partial charge in [0.05, 0.1) is 17.9 Å². The van der Waals surface area contributed by atoms with Crippen molar-refractivity contribution in [2.75, 3.05) is 12.3 Å². The summed E-state index contributed by atoms with van der Waals surface area (Å²) in [7, 11) is 0. The molecule has 1 saturated heterocycles. The number of nitrogens with zero attached hydrogens (tertiary/aromatic N) is 5. The summed E-state index contributed by atoms with van der Waals surface area (Å²) >= 11 is 1.18. The topological polar surface area (TPSA) is 96.2 Å². The number of thioether (sulfide) groups is 1. The number of benzene rings is 2. The van der Waals surface area contributed by atoms with Crippen molar-refractivity contribution in [3.8, 4) is 5.88 Å². The van der Waals surface area contributed by atoms with Crippen LogP contribution in [0.1, 0.15) is 40.0 Å². The Bertz CT molecular complexity index is 1490. The standard InChI is InChI=1S/C28H31N5O3S/c1-27(2)12-18-13-28(3,15-27)16-32(18)17-33-21-10-6-4-8-19(21)24(25(33)35)31-30-23(34)14-37-26-29-20-9-5-7-11-22(20)36-26/h4-11,18,35H,12-17H2,1-3H3/t18-,28+/m0/s1. The number of likely N-dealkylation sites (tertiary alicyclic amines) is 1. The molecular weight excluding hydrogens is 486 g/mol. The number of carbonyl (C=O) groups excluding carboxylic acids is 1. The lowest BCUT2D eigenvalue weighted by molar-refractivity contribution is -0.115. The van der Waals surface area contributed by atoms with Gasteiger partial charge in [0, 0.05) is 18.0 Å². The molecule has 9 heteroatoms.